The van der Waals surface area contributed by atoms with Crippen LogP contribution in [0.3, 0.4) is 0 Å². The lowest BCUT2D eigenvalue weighted by atomic mass is 10.1. The quantitative estimate of drug-likeness (QED) is 0.903. The fourth-order valence-corrected chi connectivity index (χ4v) is 3.53. The molecule has 1 aliphatic rings. The molecule has 6 heteroatoms. The second-order valence-corrected chi connectivity index (χ2v) is 6.61. The van der Waals surface area contributed by atoms with Crippen LogP contribution in [0.25, 0.3) is 0 Å². The predicted molar refractivity (Wildman–Crippen MR) is 84.5 cm³/mol. The maximum Gasteiger partial charge on any atom is 0.228 e. The lowest BCUT2D eigenvalue weighted by Crippen LogP contribution is -2.56. The van der Waals surface area contributed by atoms with Gasteiger partial charge >= 0.3 is 0 Å². The van der Waals surface area contributed by atoms with Crippen LogP contribution in [0.15, 0.2) is 5.38 Å². The summed E-state index contributed by atoms with van der Waals surface area (Å²) in [6.45, 7) is 10.4. The van der Waals surface area contributed by atoms with Gasteiger partial charge < -0.3 is 15.0 Å². The number of hydrogen-bond donors (Lipinski definition) is 1. The van der Waals surface area contributed by atoms with E-state index in [2.05, 4.69) is 24.1 Å². The summed E-state index contributed by atoms with van der Waals surface area (Å²) in [5.74, 6) is 0.163. The first kappa shape index (κ1) is 16.4. The molecule has 21 heavy (non-hydrogen) atoms. The minimum absolute atomic E-state index is 0.00285. The summed E-state index contributed by atoms with van der Waals surface area (Å²) in [6.07, 6.45) is 0.387. The number of thiazole rings is 1. The average molecular weight is 311 g/mol. The fraction of sp³-hybridized carbons (Fsp3) is 0.733. The molecule has 1 amide bonds. The molecule has 0 saturated carbocycles. The highest BCUT2D eigenvalue weighted by Gasteiger charge is 2.25. The van der Waals surface area contributed by atoms with Crippen LogP contribution in [-0.2, 0) is 16.0 Å². The summed E-state index contributed by atoms with van der Waals surface area (Å²) < 4.78 is 5.53. The van der Waals surface area contributed by atoms with E-state index in [1.807, 2.05) is 24.1 Å². The number of hydrogen-bond acceptors (Lipinski definition) is 5. The molecule has 2 rings (SSSR count). The lowest BCUT2D eigenvalue weighted by molar-refractivity contribution is -0.132. The Morgan fingerprint density at radius 2 is 2.19 bits per heavy atom. The molecule has 1 aromatic rings. The van der Waals surface area contributed by atoms with Gasteiger partial charge in [-0.2, -0.15) is 0 Å². The van der Waals surface area contributed by atoms with Crippen molar-refractivity contribution in [3.8, 4) is 0 Å². The minimum Gasteiger partial charge on any atom is -0.372 e. The van der Waals surface area contributed by atoms with Gasteiger partial charge in [0.05, 0.1) is 12.1 Å². The van der Waals surface area contributed by atoms with E-state index < -0.39 is 0 Å². The molecular formula is C15H25N3O2S. The zero-order chi connectivity index (χ0) is 15.4. The highest BCUT2D eigenvalue weighted by Crippen LogP contribution is 2.21. The van der Waals surface area contributed by atoms with E-state index in [1.54, 1.807) is 11.3 Å². The van der Waals surface area contributed by atoms with Gasteiger partial charge in [0.25, 0.3) is 0 Å². The van der Waals surface area contributed by atoms with Crippen LogP contribution in [0.5, 0.6) is 0 Å². The van der Waals surface area contributed by atoms with E-state index >= 15 is 0 Å². The standard InChI is InChI=1S/C15H25N3O2S/c1-5-20-12(4)15-17-13(9-21-15)6-14(19)18-7-10(2)16-11(3)8-18/h9-12,16H,5-8H2,1-4H3/t10-,11+,12-/m0/s1. The molecule has 1 aliphatic heterocycles. The molecule has 0 unspecified atom stereocenters. The van der Waals surface area contributed by atoms with Crippen LogP contribution in [0, 0.1) is 0 Å². The SMILES string of the molecule is CCO[C@@H](C)c1nc(CC(=O)N2C[C@@H](C)N[C@@H](C)C2)cs1. The summed E-state index contributed by atoms with van der Waals surface area (Å²) in [5.41, 5.74) is 0.852. The Kier molecular flexibility index (Phi) is 5.72. The van der Waals surface area contributed by atoms with Gasteiger partial charge in [0.15, 0.2) is 0 Å². The molecule has 5 nitrogen and oxygen atoms in total. The third-order valence-corrected chi connectivity index (χ3v) is 4.63. The molecule has 0 aliphatic carbocycles. The summed E-state index contributed by atoms with van der Waals surface area (Å²) >= 11 is 1.57. The van der Waals surface area contributed by atoms with Crippen LogP contribution in [0.1, 0.15) is 44.5 Å². The predicted octanol–water partition coefficient (Wildman–Crippen LogP) is 1.99. The molecule has 0 radical (unpaired) electrons. The summed E-state index contributed by atoms with van der Waals surface area (Å²) in [7, 11) is 0. The van der Waals surface area contributed by atoms with Crippen molar-refractivity contribution in [3.05, 3.63) is 16.1 Å². The van der Waals surface area contributed by atoms with Gasteiger partial charge in [-0.15, -0.1) is 11.3 Å². The third-order valence-electron chi connectivity index (χ3n) is 3.58. The van der Waals surface area contributed by atoms with E-state index in [0.29, 0.717) is 25.1 Å². The van der Waals surface area contributed by atoms with E-state index in [4.69, 9.17) is 4.74 Å². The molecule has 2 heterocycles. The number of ether oxygens (including phenoxy) is 1. The first-order valence-corrected chi connectivity index (χ1v) is 8.47. The van der Waals surface area contributed by atoms with Crippen molar-refractivity contribution in [2.24, 2.45) is 0 Å². The Morgan fingerprint density at radius 1 is 1.52 bits per heavy atom. The van der Waals surface area contributed by atoms with Crippen LogP contribution >= 0.6 is 11.3 Å². The first-order valence-electron chi connectivity index (χ1n) is 7.59. The van der Waals surface area contributed by atoms with E-state index in [9.17, 15) is 4.79 Å². The number of carbonyl (C=O) groups is 1. The molecule has 3 atom stereocenters. The topological polar surface area (TPSA) is 54.5 Å². The highest BCUT2D eigenvalue weighted by atomic mass is 32.1. The number of nitrogens with zero attached hydrogens (tertiary/aromatic N) is 2. The largest absolute Gasteiger partial charge is 0.372 e. The molecule has 0 spiro atoms. The molecule has 1 saturated heterocycles. The number of amides is 1. The fourth-order valence-electron chi connectivity index (χ4n) is 2.71. The van der Waals surface area contributed by atoms with Crippen molar-refractivity contribution >= 4 is 17.2 Å². The van der Waals surface area contributed by atoms with Gasteiger partial charge in [0.1, 0.15) is 11.1 Å². The highest BCUT2D eigenvalue weighted by molar-refractivity contribution is 7.09. The summed E-state index contributed by atoms with van der Waals surface area (Å²) in [6, 6.07) is 0.698. The first-order chi connectivity index (χ1) is 9.99. The Hall–Kier alpha value is -0.980. The van der Waals surface area contributed by atoms with Gasteiger partial charge in [-0.1, -0.05) is 0 Å². The van der Waals surface area contributed by atoms with Gasteiger partial charge in [0, 0.05) is 37.2 Å². The van der Waals surface area contributed by atoms with Crippen LogP contribution in [-0.4, -0.2) is 47.6 Å². The normalized spacial score (nSPS) is 24.1. The molecule has 0 bridgehead atoms. The number of aromatic nitrogens is 1. The number of carbonyl (C=O) groups excluding carboxylic acids is 1. The number of piperazine rings is 1. The van der Waals surface area contributed by atoms with Crippen LogP contribution < -0.4 is 5.32 Å². The minimum atomic E-state index is 0.00285. The van der Waals surface area contributed by atoms with Crippen LogP contribution in [0.2, 0.25) is 0 Å². The van der Waals surface area contributed by atoms with Crippen molar-refractivity contribution in [2.75, 3.05) is 19.7 Å². The third kappa shape index (κ3) is 4.49. The maximum absolute atomic E-state index is 12.4. The smallest absolute Gasteiger partial charge is 0.228 e. The molecule has 1 aromatic heterocycles. The van der Waals surface area contributed by atoms with Gasteiger partial charge in [-0.05, 0) is 27.7 Å². The Morgan fingerprint density at radius 3 is 2.81 bits per heavy atom. The molecule has 0 aromatic carbocycles. The van der Waals surface area contributed by atoms with E-state index in [1.165, 1.54) is 0 Å². The van der Waals surface area contributed by atoms with Gasteiger partial charge in [-0.25, -0.2) is 4.98 Å². The van der Waals surface area contributed by atoms with Gasteiger partial charge in [-0.3, -0.25) is 4.79 Å². The number of rotatable bonds is 5. The van der Waals surface area contributed by atoms with Crippen molar-refractivity contribution in [1.29, 1.82) is 0 Å². The Balaban J connectivity index is 1.93. The molecular weight excluding hydrogens is 286 g/mol. The molecule has 118 valence electrons. The number of nitrogens with one attached hydrogen (secondary N) is 1. The van der Waals surface area contributed by atoms with Crippen LogP contribution in [0.4, 0.5) is 0 Å². The lowest BCUT2D eigenvalue weighted by Gasteiger charge is -2.36. The Labute approximate surface area is 130 Å². The summed E-state index contributed by atoms with van der Waals surface area (Å²) in [4.78, 5) is 18.9. The zero-order valence-electron chi connectivity index (χ0n) is 13.3. The molecule has 1 fully saturated rings. The summed E-state index contributed by atoms with van der Waals surface area (Å²) in [5, 5.41) is 6.35. The Bertz CT molecular complexity index is 467. The second-order valence-electron chi connectivity index (χ2n) is 5.72. The monoisotopic (exact) mass is 311 g/mol. The second kappa shape index (κ2) is 7.33. The van der Waals surface area contributed by atoms with Crippen molar-refractivity contribution < 1.29 is 9.53 Å². The van der Waals surface area contributed by atoms with E-state index in [-0.39, 0.29) is 12.0 Å². The average Bonchev–Trinajstić information content (AvgIpc) is 2.86. The van der Waals surface area contributed by atoms with Crippen molar-refractivity contribution in [3.63, 3.8) is 0 Å². The van der Waals surface area contributed by atoms with Crippen molar-refractivity contribution in [1.82, 2.24) is 15.2 Å². The van der Waals surface area contributed by atoms with Gasteiger partial charge in [0.2, 0.25) is 5.91 Å². The molecule has 1 N–H and O–H groups in total. The van der Waals surface area contributed by atoms with E-state index in [0.717, 1.165) is 23.8 Å². The maximum atomic E-state index is 12.4. The van der Waals surface area contributed by atoms with Crippen molar-refractivity contribution in [2.45, 2.75) is 52.3 Å². The zero-order valence-corrected chi connectivity index (χ0v) is 14.1.